The van der Waals surface area contributed by atoms with Gasteiger partial charge in [0.15, 0.2) is 16.4 Å². The van der Waals surface area contributed by atoms with Gasteiger partial charge in [-0.2, -0.15) is 0 Å². The Morgan fingerprint density at radius 1 is 1.22 bits per heavy atom. The number of amides is 1. The van der Waals surface area contributed by atoms with Crippen LogP contribution in [0.5, 0.6) is 5.75 Å². The van der Waals surface area contributed by atoms with Crippen molar-refractivity contribution in [3.8, 4) is 5.75 Å². The second-order valence-electron chi connectivity index (χ2n) is 5.26. The van der Waals surface area contributed by atoms with Gasteiger partial charge in [-0.05, 0) is 35.9 Å². The number of hydrogen-bond donors (Lipinski definition) is 0. The number of hydrogen-bond acceptors (Lipinski definition) is 4. The van der Waals surface area contributed by atoms with Crippen LogP contribution in [0.2, 0.25) is 5.02 Å². The number of ether oxygens (including phenoxy) is 1. The van der Waals surface area contributed by atoms with E-state index < -0.39 is 9.84 Å². The van der Waals surface area contributed by atoms with E-state index in [4.69, 9.17) is 16.3 Å². The van der Waals surface area contributed by atoms with E-state index in [1.807, 2.05) is 0 Å². The summed E-state index contributed by atoms with van der Waals surface area (Å²) in [6.07, 6.45) is 0. The zero-order valence-corrected chi connectivity index (χ0v) is 13.9. The molecule has 0 fully saturated rings. The lowest BCUT2D eigenvalue weighted by Crippen LogP contribution is -2.35. The Morgan fingerprint density at radius 2 is 2.00 bits per heavy atom. The van der Waals surface area contributed by atoms with Crippen molar-refractivity contribution in [1.29, 1.82) is 0 Å². The molecule has 0 N–H and O–H groups in total. The van der Waals surface area contributed by atoms with Crippen LogP contribution in [-0.4, -0.2) is 28.0 Å². The molecule has 1 aliphatic heterocycles. The highest BCUT2D eigenvalue weighted by Gasteiger charge is 2.25. The van der Waals surface area contributed by atoms with Gasteiger partial charge in [-0.25, -0.2) is 8.42 Å². The topological polar surface area (TPSA) is 63.7 Å². The van der Waals surface area contributed by atoms with Gasteiger partial charge in [-0.15, -0.1) is 0 Å². The lowest BCUT2D eigenvalue weighted by Gasteiger charge is -2.26. The molecule has 1 aliphatic rings. The summed E-state index contributed by atoms with van der Waals surface area (Å²) in [4.78, 5) is 13.2. The second-order valence-corrected chi connectivity index (χ2v) is 7.69. The van der Waals surface area contributed by atoms with Gasteiger partial charge in [0, 0.05) is 12.1 Å². The zero-order chi connectivity index (χ0) is 16.6. The van der Waals surface area contributed by atoms with E-state index in [1.54, 1.807) is 37.4 Å². The minimum Gasteiger partial charge on any atom is -0.482 e. The van der Waals surface area contributed by atoms with E-state index in [-0.39, 0.29) is 23.2 Å². The number of likely N-dealkylation sites (N-methyl/N-ethyl adjacent to an activating group) is 1. The quantitative estimate of drug-likeness (QED) is 0.852. The number of carbonyl (C=O) groups is 1. The summed E-state index contributed by atoms with van der Waals surface area (Å²) in [5.41, 5.74) is 1.06. The fraction of sp³-hybridized carbons (Fsp3) is 0.188. The van der Waals surface area contributed by atoms with E-state index in [1.165, 1.54) is 17.0 Å². The van der Waals surface area contributed by atoms with Crippen LogP contribution in [0.1, 0.15) is 5.56 Å². The molecule has 1 amide bonds. The average Bonchev–Trinajstić information content (AvgIpc) is 2.50. The average molecular weight is 352 g/mol. The van der Waals surface area contributed by atoms with Gasteiger partial charge in [-0.3, -0.25) is 4.79 Å². The Hall–Kier alpha value is -2.05. The molecule has 7 heteroatoms. The fourth-order valence-corrected chi connectivity index (χ4v) is 3.94. The Balaban J connectivity index is 1.96. The minimum atomic E-state index is -3.56. The van der Waals surface area contributed by atoms with E-state index in [2.05, 4.69) is 0 Å². The molecule has 0 aromatic heterocycles. The summed E-state index contributed by atoms with van der Waals surface area (Å²) in [6.45, 7) is -0.0435. The van der Waals surface area contributed by atoms with Crippen LogP contribution in [0.4, 0.5) is 5.69 Å². The van der Waals surface area contributed by atoms with Crippen LogP contribution in [-0.2, 0) is 20.4 Å². The van der Waals surface area contributed by atoms with Crippen molar-refractivity contribution in [3.63, 3.8) is 0 Å². The first-order valence-corrected chi connectivity index (χ1v) is 8.90. The summed E-state index contributed by atoms with van der Waals surface area (Å²) in [5, 5.41) is 0.488. The van der Waals surface area contributed by atoms with Gasteiger partial charge in [-0.1, -0.05) is 23.7 Å². The Bertz CT molecular complexity index is 879. The van der Waals surface area contributed by atoms with E-state index in [0.29, 0.717) is 22.0 Å². The first kappa shape index (κ1) is 15.8. The molecule has 0 radical (unpaired) electrons. The molecule has 2 aromatic carbocycles. The van der Waals surface area contributed by atoms with Gasteiger partial charge in [0.25, 0.3) is 5.91 Å². The predicted octanol–water partition coefficient (Wildman–Crippen LogP) is 2.67. The molecule has 0 saturated carbocycles. The third kappa shape index (κ3) is 3.18. The monoisotopic (exact) mass is 351 g/mol. The molecule has 2 aromatic rings. The van der Waals surface area contributed by atoms with E-state index in [9.17, 15) is 13.2 Å². The van der Waals surface area contributed by atoms with Crippen LogP contribution < -0.4 is 9.64 Å². The number of benzene rings is 2. The molecule has 0 aliphatic carbocycles. The number of fused-ring (bicyclic) bond motifs is 1. The molecule has 1 heterocycles. The van der Waals surface area contributed by atoms with Gasteiger partial charge in [0.2, 0.25) is 0 Å². The van der Waals surface area contributed by atoms with Gasteiger partial charge in [0.05, 0.1) is 16.3 Å². The molecular formula is C16H14ClNO4S. The predicted molar refractivity (Wildman–Crippen MR) is 87.7 cm³/mol. The largest absolute Gasteiger partial charge is 0.482 e. The van der Waals surface area contributed by atoms with Crippen LogP contribution in [0.25, 0.3) is 0 Å². The number of carbonyl (C=O) groups excluding carboxylic acids is 1. The molecule has 23 heavy (non-hydrogen) atoms. The van der Waals surface area contributed by atoms with Gasteiger partial charge < -0.3 is 9.64 Å². The fourth-order valence-electron chi connectivity index (χ4n) is 2.37. The first-order valence-electron chi connectivity index (χ1n) is 6.87. The molecule has 0 spiro atoms. The maximum atomic E-state index is 12.6. The van der Waals surface area contributed by atoms with Crippen LogP contribution >= 0.6 is 11.6 Å². The smallest absolute Gasteiger partial charge is 0.264 e. The Morgan fingerprint density at radius 3 is 2.74 bits per heavy atom. The van der Waals surface area contributed by atoms with Crippen molar-refractivity contribution >= 4 is 33.0 Å². The lowest BCUT2D eigenvalue weighted by atomic mass is 10.2. The summed E-state index contributed by atoms with van der Waals surface area (Å²) < 4.78 is 30.5. The molecule has 0 bridgehead atoms. The van der Waals surface area contributed by atoms with Crippen molar-refractivity contribution in [2.75, 3.05) is 18.6 Å². The van der Waals surface area contributed by atoms with Gasteiger partial charge in [0.1, 0.15) is 5.75 Å². The third-order valence-corrected chi connectivity index (χ3v) is 5.54. The standard InChI is InChI=1S/C16H14ClNO4S/c1-18-14-8-13(5-6-15(14)22-9-16(18)19)23(20,21)10-11-3-2-4-12(17)7-11/h2-8H,9-10H2,1H3. The molecule has 5 nitrogen and oxygen atoms in total. The number of rotatable bonds is 3. The number of halogens is 1. The molecule has 0 unspecified atom stereocenters. The normalized spacial score (nSPS) is 14.3. The van der Waals surface area contributed by atoms with Crippen molar-refractivity contribution in [2.45, 2.75) is 10.6 Å². The van der Waals surface area contributed by atoms with Crippen LogP contribution in [0.3, 0.4) is 0 Å². The SMILES string of the molecule is CN1C(=O)COc2ccc(S(=O)(=O)Cc3cccc(Cl)c3)cc21. The van der Waals surface area contributed by atoms with E-state index in [0.717, 1.165) is 0 Å². The Kier molecular flexibility index (Phi) is 4.04. The third-order valence-electron chi connectivity index (χ3n) is 3.62. The molecule has 0 atom stereocenters. The molecule has 120 valence electrons. The van der Waals surface area contributed by atoms with E-state index >= 15 is 0 Å². The zero-order valence-electron chi connectivity index (χ0n) is 12.3. The maximum absolute atomic E-state index is 12.6. The highest BCUT2D eigenvalue weighted by Crippen LogP contribution is 2.34. The van der Waals surface area contributed by atoms with Crippen molar-refractivity contribution in [2.24, 2.45) is 0 Å². The first-order chi connectivity index (χ1) is 10.9. The summed E-state index contributed by atoms with van der Waals surface area (Å²) in [7, 11) is -1.96. The van der Waals surface area contributed by atoms with Crippen molar-refractivity contribution in [1.82, 2.24) is 0 Å². The summed E-state index contributed by atoms with van der Waals surface area (Å²) in [6, 6.07) is 11.3. The minimum absolute atomic E-state index is 0.0435. The van der Waals surface area contributed by atoms with Crippen LogP contribution in [0, 0.1) is 0 Å². The Labute approximate surface area is 139 Å². The molecular weight excluding hydrogens is 338 g/mol. The maximum Gasteiger partial charge on any atom is 0.264 e. The van der Waals surface area contributed by atoms with Crippen molar-refractivity contribution < 1.29 is 17.9 Å². The van der Waals surface area contributed by atoms with Crippen LogP contribution in [0.15, 0.2) is 47.4 Å². The number of sulfone groups is 1. The summed E-state index contributed by atoms with van der Waals surface area (Å²) >= 11 is 5.89. The molecule has 0 saturated heterocycles. The highest BCUT2D eigenvalue weighted by molar-refractivity contribution is 7.90. The molecule has 3 rings (SSSR count). The number of nitrogens with zero attached hydrogens (tertiary/aromatic N) is 1. The van der Waals surface area contributed by atoms with Crippen molar-refractivity contribution in [3.05, 3.63) is 53.1 Å². The lowest BCUT2D eigenvalue weighted by molar-refractivity contribution is -0.120. The highest BCUT2D eigenvalue weighted by atomic mass is 35.5. The van der Waals surface area contributed by atoms with Gasteiger partial charge >= 0.3 is 0 Å². The summed E-state index contributed by atoms with van der Waals surface area (Å²) in [5.74, 6) is 0.112. The number of anilines is 1. The second kappa shape index (κ2) is 5.86.